The summed E-state index contributed by atoms with van der Waals surface area (Å²) in [4.78, 5) is 8.33. The molecular formula is C21H27N7O. The molecule has 8 heteroatoms. The van der Waals surface area contributed by atoms with Crippen LogP contribution >= 0.6 is 0 Å². The number of methoxy groups -OCH3 is 1. The minimum absolute atomic E-state index is 0.392. The first kappa shape index (κ1) is 23.1. The van der Waals surface area contributed by atoms with Gasteiger partial charge in [-0.2, -0.15) is 5.10 Å². The van der Waals surface area contributed by atoms with E-state index in [9.17, 15) is 0 Å². The molecular weight excluding hydrogens is 366 g/mol. The molecule has 1 heterocycles. The zero-order chi connectivity index (χ0) is 21.5. The molecule has 0 radical (unpaired) electrons. The Labute approximate surface area is 171 Å². The Morgan fingerprint density at radius 1 is 1.21 bits per heavy atom. The number of aromatic nitrogens is 2. The monoisotopic (exact) mass is 393 g/mol. The molecule has 0 bridgehead atoms. The fraction of sp³-hybridized carbons (Fsp3) is 0.143. The number of nitrogens with zero attached hydrogens (tertiary/aromatic N) is 3. The predicted molar refractivity (Wildman–Crippen MR) is 121 cm³/mol. The summed E-state index contributed by atoms with van der Waals surface area (Å²) < 4.78 is 4.93. The molecule has 0 saturated carbocycles. The molecule has 8 nitrogen and oxygen atoms in total. The number of nitrogens with two attached hydrogens (primary N) is 1. The second kappa shape index (κ2) is 13.3. The summed E-state index contributed by atoms with van der Waals surface area (Å²) in [5, 5.41) is 15.0. The fourth-order valence-corrected chi connectivity index (χ4v) is 2.01. The van der Waals surface area contributed by atoms with Crippen LogP contribution in [-0.4, -0.2) is 29.5 Å². The topological polar surface area (TPSA) is 121 Å². The summed E-state index contributed by atoms with van der Waals surface area (Å²) in [6.07, 6.45) is 10.8. The Bertz CT molecular complexity index is 871. The first-order valence-electron chi connectivity index (χ1n) is 8.97. The Morgan fingerprint density at radius 3 is 2.52 bits per heavy atom. The second-order valence-corrected chi connectivity index (χ2v) is 5.19. The molecule has 5 N–H and O–H groups in total. The van der Waals surface area contributed by atoms with E-state index in [2.05, 4.69) is 32.4 Å². The lowest BCUT2D eigenvalue weighted by Gasteiger charge is -2.11. The summed E-state index contributed by atoms with van der Waals surface area (Å²) in [5.74, 6) is 0.835. The lowest BCUT2D eigenvalue weighted by atomic mass is 10.2. The molecule has 2 aromatic rings. The third-order valence-electron chi connectivity index (χ3n) is 3.29. The summed E-state index contributed by atoms with van der Waals surface area (Å²) in [6, 6.07) is 7.27. The molecule has 0 aliphatic rings. The van der Waals surface area contributed by atoms with Crippen molar-refractivity contribution in [2.45, 2.75) is 13.8 Å². The number of anilines is 3. The lowest BCUT2D eigenvalue weighted by Crippen LogP contribution is -2.07. The van der Waals surface area contributed by atoms with E-state index >= 15 is 0 Å². The van der Waals surface area contributed by atoms with Crippen LogP contribution in [-0.2, 0) is 4.74 Å². The predicted octanol–water partition coefficient (Wildman–Crippen LogP) is 4.17. The van der Waals surface area contributed by atoms with Gasteiger partial charge in [-0.05, 0) is 29.8 Å². The highest BCUT2D eigenvalue weighted by atomic mass is 16.5. The molecule has 152 valence electrons. The smallest absolute Gasteiger partial charge is 0.160 e. The largest absolute Gasteiger partial charge is 0.504 e. The maximum atomic E-state index is 7.70. The molecule has 1 aromatic carbocycles. The van der Waals surface area contributed by atoms with Gasteiger partial charge in [0.1, 0.15) is 12.1 Å². The van der Waals surface area contributed by atoms with Gasteiger partial charge in [0.2, 0.25) is 0 Å². The molecule has 29 heavy (non-hydrogen) atoms. The number of rotatable bonds is 9. The van der Waals surface area contributed by atoms with Crippen LogP contribution < -0.4 is 16.5 Å². The van der Waals surface area contributed by atoms with Gasteiger partial charge in [-0.1, -0.05) is 38.6 Å². The van der Waals surface area contributed by atoms with Crippen molar-refractivity contribution in [3.8, 4) is 0 Å². The van der Waals surface area contributed by atoms with Gasteiger partial charge in [-0.3, -0.25) is 5.43 Å². The van der Waals surface area contributed by atoms with E-state index < -0.39 is 0 Å². The van der Waals surface area contributed by atoms with Gasteiger partial charge >= 0.3 is 0 Å². The van der Waals surface area contributed by atoms with Crippen LogP contribution in [0.1, 0.15) is 25.0 Å². The van der Waals surface area contributed by atoms with E-state index in [0.717, 1.165) is 11.8 Å². The number of allylic oxidation sites excluding steroid dienone is 3. The van der Waals surface area contributed by atoms with E-state index in [-0.39, 0.29) is 0 Å². The molecule has 0 fully saturated rings. The number of hydrazone groups is 1. The first-order chi connectivity index (χ1) is 14.2. The van der Waals surface area contributed by atoms with E-state index in [1.54, 1.807) is 43.7 Å². The molecule has 0 atom stereocenters. The highest BCUT2D eigenvalue weighted by molar-refractivity contribution is 5.91. The van der Waals surface area contributed by atoms with E-state index in [0.29, 0.717) is 28.6 Å². The molecule has 2 rings (SSSR count). The van der Waals surface area contributed by atoms with Crippen molar-refractivity contribution in [1.82, 2.24) is 9.97 Å². The van der Waals surface area contributed by atoms with Crippen LogP contribution in [0.5, 0.6) is 0 Å². The molecule has 0 spiro atoms. The van der Waals surface area contributed by atoms with Gasteiger partial charge in [-0.25, -0.2) is 9.97 Å². The number of nitrogens with one attached hydrogen (secondary N) is 3. The lowest BCUT2D eigenvalue weighted by molar-refractivity contribution is 0.338. The third-order valence-corrected chi connectivity index (χ3v) is 3.29. The second-order valence-electron chi connectivity index (χ2n) is 5.19. The van der Waals surface area contributed by atoms with Gasteiger partial charge in [-0.15, -0.1) is 0 Å². The Hall–Kier alpha value is -3.94. The van der Waals surface area contributed by atoms with Crippen molar-refractivity contribution in [2.24, 2.45) is 5.10 Å². The summed E-state index contributed by atoms with van der Waals surface area (Å²) >= 11 is 0. The summed E-state index contributed by atoms with van der Waals surface area (Å²) in [6.45, 7) is 7.68. The van der Waals surface area contributed by atoms with Crippen LogP contribution in [0.15, 0.2) is 72.5 Å². The standard InChI is InChI=1S/C19H21N7O.C2H6/c1-3-4-16(9-10-27-2)25-18-17(11-20)19(23-13-22-18)26-24-12-14-5-7-15(21)8-6-14;1-2/h3-13,20H,1,21H2,2H3,(H2,22,23,25,26);1-2H3/b10-9+,16-4+,20-11?,24-12+;. The number of hydrogen-bond acceptors (Lipinski definition) is 8. The van der Waals surface area contributed by atoms with Crippen LogP contribution in [0.4, 0.5) is 17.3 Å². The summed E-state index contributed by atoms with van der Waals surface area (Å²) in [7, 11) is 1.55. The maximum absolute atomic E-state index is 7.70. The highest BCUT2D eigenvalue weighted by Gasteiger charge is 2.09. The number of ether oxygens (including phenoxy) is 1. The molecule has 0 unspecified atom stereocenters. The van der Waals surface area contributed by atoms with Gasteiger partial charge in [0.25, 0.3) is 0 Å². The van der Waals surface area contributed by atoms with Crippen molar-refractivity contribution in [2.75, 3.05) is 23.6 Å². The molecule has 0 aliphatic heterocycles. The van der Waals surface area contributed by atoms with Crippen molar-refractivity contribution < 1.29 is 4.74 Å². The maximum Gasteiger partial charge on any atom is 0.160 e. The third kappa shape index (κ3) is 7.67. The molecule has 0 amide bonds. The quantitative estimate of drug-likeness (QED) is 0.167. The van der Waals surface area contributed by atoms with Crippen LogP contribution in [0.3, 0.4) is 0 Å². The van der Waals surface area contributed by atoms with E-state index in [4.69, 9.17) is 15.9 Å². The average Bonchev–Trinajstić information content (AvgIpc) is 2.75. The number of hydrogen-bond donors (Lipinski definition) is 4. The number of benzene rings is 1. The van der Waals surface area contributed by atoms with Crippen LogP contribution in [0, 0.1) is 5.41 Å². The van der Waals surface area contributed by atoms with Gasteiger partial charge in [0.15, 0.2) is 5.82 Å². The highest BCUT2D eigenvalue weighted by Crippen LogP contribution is 2.19. The molecule has 0 aliphatic carbocycles. The fourth-order valence-electron chi connectivity index (χ4n) is 2.01. The molecule has 1 aromatic heterocycles. The normalized spacial score (nSPS) is 10.9. The van der Waals surface area contributed by atoms with E-state index in [1.165, 1.54) is 12.6 Å². The zero-order valence-electron chi connectivity index (χ0n) is 16.9. The Balaban J connectivity index is 0.00000204. The van der Waals surface area contributed by atoms with Crippen molar-refractivity contribution >= 4 is 29.8 Å². The summed E-state index contributed by atoms with van der Waals surface area (Å²) in [5.41, 5.74) is 11.2. The van der Waals surface area contributed by atoms with Gasteiger partial charge in [0, 0.05) is 17.6 Å². The van der Waals surface area contributed by atoms with E-state index in [1.807, 2.05) is 26.0 Å². The van der Waals surface area contributed by atoms with Gasteiger partial charge in [0.05, 0.1) is 25.1 Å². The Kier molecular flexibility index (Phi) is 10.6. The average molecular weight is 393 g/mol. The van der Waals surface area contributed by atoms with Crippen molar-refractivity contribution in [3.05, 3.63) is 78.5 Å². The minimum atomic E-state index is 0.392. The Morgan fingerprint density at radius 2 is 1.90 bits per heavy atom. The SMILES string of the molecule is C=C/C=C(\C=C\OC)Nc1ncnc(N/N=C/c2ccc(N)cc2)c1C=N.CC. The first-order valence-corrected chi connectivity index (χ1v) is 8.97. The van der Waals surface area contributed by atoms with Crippen molar-refractivity contribution in [3.63, 3.8) is 0 Å². The van der Waals surface area contributed by atoms with Crippen LogP contribution in [0.2, 0.25) is 0 Å². The molecule has 0 saturated heterocycles. The van der Waals surface area contributed by atoms with Crippen LogP contribution in [0.25, 0.3) is 0 Å². The van der Waals surface area contributed by atoms with Gasteiger partial charge < -0.3 is 21.2 Å². The minimum Gasteiger partial charge on any atom is -0.504 e. The van der Waals surface area contributed by atoms with Crippen molar-refractivity contribution in [1.29, 1.82) is 5.41 Å². The zero-order valence-corrected chi connectivity index (χ0v) is 16.9. The number of nitrogen functional groups attached to an aromatic ring is 1.